The number of carbonyl (C=O) groups excluding carboxylic acids is 1. The van der Waals surface area contributed by atoms with E-state index < -0.39 is 27.3 Å². The number of benzene rings is 1. The fraction of sp³-hybridized carbons (Fsp3) is 0.333. The molecule has 148 valence electrons. The van der Waals surface area contributed by atoms with E-state index in [1.54, 1.807) is 6.07 Å². The summed E-state index contributed by atoms with van der Waals surface area (Å²) in [5.41, 5.74) is 3.32. The van der Waals surface area contributed by atoms with Gasteiger partial charge in [-0.25, -0.2) is 8.42 Å². The number of sulfone groups is 1. The molecule has 1 aliphatic rings. The van der Waals surface area contributed by atoms with Crippen molar-refractivity contribution in [3.63, 3.8) is 0 Å². The third kappa shape index (κ3) is 4.98. The number of aromatic nitrogens is 1. The Morgan fingerprint density at radius 2 is 1.89 bits per heavy atom. The van der Waals surface area contributed by atoms with Crippen molar-refractivity contribution in [1.29, 1.82) is 0 Å². The van der Waals surface area contributed by atoms with Crippen LogP contribution >= 0.6 is 0 Å². The van der Waals surface area contributed by atoms with Crippen molar-refractivity contribution in [2.24, 2.45) is 5.92 Å². The van der Waals surface area contributed by atoms with E-state index in [9.17, 15) is 18.0 Å². The van der Waals surface area contributed by atoms with Gasteiger partial charge in [0.1, 0.15) is 5.56 Å². The van der Waals surface area contributed by atoms with Crippen molar-refractivity contribution in [2.45, 2.75) is 32.7 Å². The Hall–Kier alpha value is -2.67. The Labute approximate surface area is 164 Å². The van der Waals surface area contributed by atoms with Crippen LogP contribution in [0.15, 0.2) is 46.6 Å². The highest BCUT2D eigenvalue weighted by atomic mass is 32.2. The summed E-state index contributed by atoms with van der Waals surface area (Å²) < 4.78 is 22.7. The SMILES string of the molecule is Cc1ccc(-c2ccc(C(=O)N[C@H](/C=C\S(C)(=O)=O)C3CC3)c(=O)[nH]2)cc1C. The average molecular weight is 401 g/mol. The number of hydrogen-bond donors (Lipinski definition) is 2. The van der Waals surface area contributed by atoms with Crippen LogP contribution in [0.2, 0.25) is 0 Å². The number of aryl methyl sites for hydroxylation is 2. The third-order valence-corrected chi connectivity index (χ3v) is 5.58. The van der Waals surface area contributed by atoms with Gasteiger partial charge < -0.3 is 10.3 Å². The number of pyridine rings is 1. The van der Waals surface area contributed by atoms with Crippen LogP contribution in [0.4, 0.5) is 0 Å². The number of nitrogens with one attached hydrogen (secondary N) is 2. The molecule has 1 saturated carbocycles. The molecule has 6 nitrogen and oxygen atoms in total. The van der Waals surface area contributed by atoms with Crippen LogP contribution in [0.25, 0.3) is 11.3 Å². The maximum Gasteiger partial charge on any atom is 0.261 e. The smallest absolute Gasteiger partial charge is 0.261 e. The lowest BCUT2D eigenvalue weighted by molar-refractivity contribution is 0.0939. The molecule has 1 heterocycles. The highest BCUT2D eigenvalue weighted by Gasteiger charge is 2.31. The molecule has 0 bridgehead atoms. The lowest BCUT2D eigenvalue weighted by Crippen LogP contribution is -2.38. The molecule has 0 saturated heterocycles. The molecule has 1 atom stereocenters. The highest BCUT2D eigenvalue weighted by Crippen LogP contribution is 2.33. The van der Waals surface area contributed by atoms with Crippen molar-refractivity contribution < 1.29 is 13.2 Å². The van der Waals surface area contributed by atoms with Crippen molar-refractivity contribution in [1.82, 2.24) is 10.3 Å². The van der Waals surface area contributed by atoms with Crippen LogP contribution in [0, 0.1) is 19.8 Å². The van der Waals surface area contributed by atoms with Crippen molar-refractivity contribution in [2.75, 3.05) is 6.26 Å². The second kappa shape index (κ2) is 7.75. The lowest BCUT2D eigenvalue weighted by atomic mass is 10.0. The first-order valence-corrected chi connectivity index (χ1v) is 11.1. The fourth-order valence-electron chi connectivity index (χ4n) is 2.96. The predicted molar refractivity (Wildman–Crippen MR) is 110 cm³/mol. The van der Waals surface area contributed by atoms with Gasteiger partial charge in [0.15, 0.2) is 9.84 Å². The van der Waals surface area contributed by atoms with Gasteiger partial charge in [0.05, 0.1) is 6.04 Å². The topological polar surface area (TPSA) is 96.1 Å². The van der Waals surface area contributed by atoms with Gasteiger partial charge >= 0.3 is 0 Å². The minimum absolute atomic E-state index is 0.00555. The van der Waals surface area contributed by atoms with Gasteiger partial charge in [-0.2, -0.15) is 0 Å². The molecule has 1 amide bonds. The van der Waals surface area contributed by atoms with Gasteiger partial charge in [-0.05, 0) is 67.5 Å². The van der Waals surface area contributed by atoms with E-state index in [1.165, 1.54) is 12.1 Å². The van der Waals surface area contributed by atoms with E-state index >= 15 is 0 Å². The molecule has 2 aromatic rings. The van der Waals surface area contributed by atoms with Crippen LogP contribution in [0.3, 0.4) is 0 Å². The van der Waals surface area contributed by atoms with E-state index in [1.807, 2.05) is 32.0 Å². The van der Waals surface area contributed by atoms with Crippen LogP contribution in [-0.4, -0.2) is 31.6 Å². The van der Waals surface area contributed by atoms with Gasteiger partial charge in [-0.1, -0.05) is 18.2 Å². The Kier molecular flexibility index (Phi) is 5.56. The largest absolute Gasteiger partial charge is 0.345 e. The molecule has 1 aliphatic carbocycles. The Bertz CT molecular complexity index is 1100. The lowest BCUT2D eigenvalue weighted by Gasteiger charge is -2.14. The minimum Gasteiger partial charge on any atom is -0.345 e. The second-order valence-electron chi connectivity index (χ2n) is 7.41. The van der Waals surface area contributed by atoms with E-state index in [0.717, 1.165) is 41.2 Å². The standard InChI is InChI=1S/C21H24N2O4S/c1-13-4-5-16(12-14(13)2)18-9-8-17(20(24)22-18)21(25)23-19(15-6-7-15)10-11-28(3,26)27/h4-5,8-12,15,19H,6-7H2,1-3H3,(H,22,24)(H,23,25)/b11-10-/t19-/m1/s1. The van der Waals surface area contributed by atoms with Crippen LogP contribution in [0.1, 0.15) is 34.3 Å². The third-order valence-electron chi connectivity index (χ3n) is 4.93. The van der Waals surface area contributed by atoms with E-state index in [0.29, 0.717) is 5.69 Å². The quantitative estimate of drug-likeness (QED) is 0.779. The number of amides is 1. The number of hydrogen-bond acceptors (Lipinski definition) is 4. The summed E-state index contributed by atoms with van der Waals surface area (Å²) >= 11 is 0. The van der Waals surface area contributed by atoms with Crippen molar-refractivity contribution in [3.05, 3.63) is 68.9 Å². The van der Waals surface area contributed by atoms with Gasteiger partial charge in [0.25, 0.3) is 11.5 Å². The van der Waals surface area contributed by atoms with Gasteiger partial charge in [0.2, 0.25) is 0 Å². The summed E-state index contributed by atoms with van der Waals surface area (Å²) in [7, 11) is -3.28. The minimum atomic E-state index is -3.28. The molecule has 0 spiro atoms. The first-order valence-electron chi connectivity index (χ1n) is 9.14. The number of H-pyrrole nitrogens is 1. The van der Waals surface area contributed by atoms with Gasteiger partial charge in [-0.3, -0.25) is 9.59 Å². The Balaban J connectivity index is 1.81. The Morgan fingerprint density at radius 3 is 2.46 bits per heavy atom. The maximum atomic E-state index is 12.6. The summed E-state index contributed by atoms with van der Waals surface area (Å²) in [6, 6.07) is 8.70. The summed E-state index contributed by atoms with van der Waals surface area (Å²) in [6.07, 6.45) is 4.43. The molecular weight excluding hydrogens is 376 g/mol. The number of carbonyl (C=O) groups is 1. The van der Waals surface area contributed by atoms with Crippen molar-refractivity contribution in [3.8, 4) is 11.3 Å². The van der Waals surface area contributed by atoms with Crippen LogP contribution in [0.5, 0.6) is 0 Å². The number of aromatic amines is 1. The molecule has 1 fully saturated rings. The first kappa shape index (κ1) is 20.1. The zero-order valence-electron chi connectivity index (χ0n) is 16.2. The normalized spacial score (nSPS) is 15.5. The summed E-state index contributed by atoms with van der Waals surface area (Å²) in [5.74, 6) is -0.307. The number of rotatable bonds is 6. The first-order chi connectivity index (χ1) is 13.1. The molecule has 7 heteroatoms. The zero-order chi connectivity index (χ0) is 20.5. The van der Waals surface area contributed by atoms with Gasteiger partial charge in [0, 0.05) is 17.4 Å². The molecule has 1 aromatic heterocycles. The molecule has 28 heavy (non-hydrogen) atoms. The van der Waals surface area contributed by atoms with Crippen LogP contribution < -0.4 is 10.9 Å². The van der Waals surface area contributed by atoms with Gasteiger partial charge in [-0.15, -0.1) is 0 Å². The second-order valence-corrected chi connectivity index (χ2v) is 9.34. The van der Waals surface area contributed by atoms with E-state index in [2.05, 4.69) is 10.3 Å². The average Bonchev–Trinajstić information content (AvgIpc) is 3.45. The van der Waals surface area contributed by atoms with Crippen LogP contribution in [-0.2, 0) is 9.84 Å². The zero-order valence-corrected chi connectivity index (χ0v) is 17.0. The highest BCUT2D eigenvalue weighted by molar-refractivity contribution is 7.93. The predicted octanol–water partition coefficient (Wildman–Crippen LogP) is 2.73. The monoisotopic (exact) mass is 400 g/mol. The summed E-state index contributed by atoms with van der Waals surface area (Å²) in [6.45, 7) is 4.02. The molecule has 3 rings (SSSR count). The Morgan fingerprint density at radius 1 is 1.18 bits per heavy atom. The molecule has 1 aromatic carbocycles. The molecule has 0 unspecified atom stereocenters. The molecule has 0 radical (unpaired) electrons. The van der Waals surface area contributed by atoms with Crippen molar-refractivity contribution >= 4 is 15.7 Å². The maximum absolute atomic E-state index is 12.6. The summed E-state index contributed by atoms with van der Waals surface area (Å²) in [5, 5.41) is 3.87. The molecule has 2 N–H and O–H groups in total. The van der Waals surface area contributed by atoms with E-state index in [-0.39, 0.29) is 11.5 Å². The molecular formula is C21H24N2O4S. The van der Waals surface area contributed by atoms with E-state index in [4.69, 9.17) is 0 Å². The summed E-state index contributed by atoms with van der Waals surface area (Å²) in [4.78, 5) is 27.8. The molecule has 0 aliphatic heterocycles. The fourth-order valence-corrected chi connectivity index (χ4v) is 3.42.